The highest BCUT2D eigenvalue weighted by Gasteiger charge is 2.26. The second-order valence-electron chi connectivity index (χ2n) is 5.03. The van der Waals surface area contributed by atoms with Crippen molar-refractivity contribution in [2.45, 2.75) is 45.1 Å². The summed E-state index contributed by atoms with van der Waals surface area (Å²) in [7, 11) is 0. The van der Waals surface area contributed by atoms with Crippen LogP contribution in [0.2, 0.25) is 0 Å². The van der Waals surface area contributed by atoms with Crippen LogP contribution in [0.4, 0.5) is 0 Å². The molecule has 0 aliphatic carbocycles. The fourth-order valence-electron chi connectivity index (χ4n) is 2.58. The Bertz CT molecular complexity index is 512. The number of aliphatic hydroxyl groups excluding tert-OH is 1. The summed E-state index contributed by atoms with van der Waals surface area (Å²) >= 11 is 1.50. The summed E-state index contributed by atoms with van der Waals surface area (Å²) in [6.45, 7) is 3.10. The zero-order valence-corrected chi connectivity index (χ0v) is 12.7. The van der Waals surface area contributed by atoms with E-state index in [9.17, 15) is 4.79 Å². The van der Waals surface area contributed by atoms with Gasteiger partial charge in [-0.2, -0.15) is 0 Å². The van der Waals surface area contributed by atoms with Crippen LogP contribution in [0.5, 0.6) is 0 Å². The zero-order chi connectivity index (χ0) is 14.4. The number of hydrogen-bond donors (Lipinski definition) is 1. The number of rotatable bonds is 3. The second kappa shape index (κ2) is 7.47. The lowest BCUT2D eigenvalue weighted by molar-refractivity contribution is 0.0608. The lowest BCUT2D eigenvalue weighted by Crippen LogP contribution is -2.43. The van der Waals surface area contributed by atoms with Crippen molar-refractivity contribution in [3.63, 3.8) is 0 Å². The molecule has 0 radical (unpaired) electrons. The van der Waals surface area contributed by atoms with Crippen molar-refractivity contribution in [3.05, 3.63) is 21.9 Å². The van der Waals surface area contributed by atoms with Gasteiger partial charge < -0.3 is 10.0 Å². The summed E-state index contributed by atoms with van der Waals surface area (Å²) in [5.74, 6) is 6.02. The van der Waals surface area contributed by atoms with Crippen molar-refractivity contribution >= 4 is 17.2 Å². The summed E-state index contributed by atoms with van der Waals surface area (Å²) in [5, 5.41) is 10.6. The van der Waals surface area contributed by atoms with Crippen LogP contribution >= 0.6 is 11.3 Å². The van der Waals surface area contributed by atoms with E-state index in [0.717, 1.165) is 36.2 Å². The Morgan fingerprint density at radius 1 is 1.55 bits per heavy atom. The lowest BCUT2D eigenvalue weighted by Gasteiger charge is -2.35. The van der Waals surface area contributed by atoms with Gasteiger partial charge in [0, 0.05) is 24.4 Å². The van der Waals surface area contributed by atoms with Crippen LogP contribution in [0.3, 0.4) is 0 Å². The number of hydrogen-bond acceptors (Lipinski definition) is 3. The van der Waals surface area contributed by atoms with Gasteiger partial charge in [0.2, 0.25) is 0 Å². The maximum atomic E-state index is 12.6. The highest BCUT2D eigenvalue weighted by molar-refractivity contribution is 7.10. The molecule has 2 rings (SSSR count). The minimum atomic E-state index is 0.0795. The molecule has 20 heavy (non-hydrogen) atoms. The maximum Gasteiger partial charge on any atom is 0.254 e. The number of nitrogens with zero attached hydrogens (tertiary/aromatic N) is 1. The average Bonchev–Trinajstić information content (AvgIpc) is 2.95. The van der Waals surface area contributed by atoms with Gasteiger partial charge in [0.05, 0.1) is 17.0 Å². The van der Waals surface area contributed by atoms with Gasteiger partial charge in [-0.05, 0) is 31.7 Å². The van der Waals surface area contributed by atoms with E-state index in [0.29, 0.717) is 12.5 Å². The van der Waals surface area contributed by atoms with Gasteiger partial charge in [-0.25, -0.2) is 0 Å². The number of likely N-dealkylation sites (tertiary alicyclic amines) is 1. The van der Waals surface area contributed by atoms with E-state index in [1.165, 1.54) is 17.8 Å². The van der Waals surface area contributed by atoms with Crippen molar-refractivity contribution in [3.8, 4) is 11.8 Å². The molecule has 3 nitrogen and oxygen atoms in total. The van der Waals surface area contributed by atoms with Crippen molar-refractivity contribution < 1.29 is 9.90 Å². The van der Waals surface area contributed by atoms with Crippen LogP contribution in [0.1, 0.15) is 54.3 Å². The standard InChI is InChI=1S/C16H21NO2S/c1-2-14-7-3-5-9-17(14)16(19)13-11-15(20-12-13)8-4-6-10-18/h11-12,14,18H,2-3,5-7,9-10H2,1H3. The molecular weight excluding hydrogens is 270 g/mol. The number of carbonyl (C=O) groups excluding carboxylic acids is 1. The second-order valence-corrected chi connectivity index (χ2v) is 5.94. The smallest absolute Gasteiger partial charge is 0.254 e. The molecule has 1 amide bonds. The predicted octanol–water partition coefficient (Wildman–Crippen LogP) is 2.89. The van der Waals surface area contributed by atoms with E-state index in [1.54, 1.807) is 0 Å². The van der Waals surface area contributed by atoms with Crippen LogP contribution in [-0.2, 0) is 0 Å². The maximum absolute atomic E-state index is 12.6. The third kappa shape index (κ3) is 3.62. The number of aliphatic hydroxyl groups is 1. The van der Waals surface area contributed by atoms with Gasteiger partial charge in [-0.15, -0.1) is 11.3 Å². The molecule has 1 atom stereocenters. The molecule has 1 aliphatic rings. The number of amides is 1. The quantitative estimate of drug-likeness (QED) is 0.870. The summed E-state index contributed by atoms with van der Waals surface area (Å²) in [6.07, 6.45) is 4.96. The first-order valence-corrected chi connectivity index (χ1v) is 8.13. The fraction of sp³-hybridized carbons (Fsp3) is 0.562. The average molecular weight is 291 g/mol. The van der Waals surface area contributed by atoms with Crippen LogP contribution in [0.25, 0.3) is 0 Å². The molecular formula is C16H21NO2S. The van der Waals surface area contributed by atoms with Gasteiger partial charge in [0.25, 0.3) is 5.91 Å². The fourth-order valence-corrected chi connectivity index (χ4v) is 3.33. The highest BCUT2D eigenvalue weighted by Crippen LogP contribution is 2.23. The molecule has 1 aliphatic heterocycles. The van der Waals surface area contributed by atoms with E-state index >= 15 is 0 Å². The molecule has 1 fully saturated rings. The van der Waals surface area contributed by atoms with Crippen LogP contribution in [0, 0.1) is 11.8 Å². The Morgan fingerprint density at radius 2 is 2.40 bits per heavy atom. The molecule has 0 spiro atoms. The molecule has 1 aromatic rings. The van der Waals surface area contributed by atoms with E-state index in [1.807, 2.05) is 16.3 Å². The molecule has 0 saturated carbocycles. The molecule has 1 saturated heterocycles. The molecule has 0 bridgehead atoms. The Labute approximate surface area is 124 Å². The number of carbonyl (C=O) groups is 1. The lowest BCUT2D eigenvalue weighted by atomic mass is 9.99. The summed E-state index contributed by atoms with van der Waals surface area (Å²) in [5.41, 5.74) is 0.753. The Balaban J connectivity index is 2.07. The Kier molecular flexibility index (Phi) is 5.63. The van der Waals surface area contributed by atoms with Crippen LogP contribution in [-0.4, -0.2) is 35.1 Å². The topological polar surface area (TPSA) is 40.5 Å². The molecule has 2 heterocycles. The largest absolute Gasteiger partial charge is 0.395 e. The SMILES string of the molecule is CCC1CCCCN1C(=O)c1csc(C#CCCO)c1. The predicted molar refractivity (Wildman–Crippen MR) is 81.9 cm³/mol. The highest BCUT2D eigenvalue weighted by atomic mass is 32.1. The Morgan fingerprint density at radius 3 is 3.15 bits per heavy atom. The van der Waals surface area contributed by atoms with E-state index < -0.39 is 0 Å². The van der Waals surface area contributed by atoms with E-state index in [4.69, 9.17) is 5.11 Å². The monoisotopic (exact) mass is 291 g/mol. The van der Waals surface area contributed by atoms with Gasteiger partial charge in [-0.1, -0.05) is 18.8 Å². The summed E-state index contributed by atoms with van der Waals surface area (Å²) < 4.78 is 0. The zero-order valence-electron chi connectivity index (χ0n) is 11.9. The van der Waals surface area contributed by atoms with Gasteiger partial charge in [-0.3, -0.25) is 4.79 Å². The molecule has 4 heteroatoms. The molecule has 1 aromatic heterocycles. The van der Waals surface area contributed by atoms with Gasteiger partial charge >= 0.3 is 0 Å². The molecule has 1 unspecified atom stereocenters. The summed E-state index contributed by atoms with van der Waals surface area (Å²) in [4.78, 5) is 15.5. The van der Waals surface area contributed by atoms with Gasteiger partial charge in [0.1, 0.15) is 0 Å². The van der Waals surface area contributed by atoms with Gasteiger partial charge in [0.15, 0.2) is 0 Å². The molecule has 108 valence electrons. The number of piperidine rings is 1. The Hall–Kier alpha value is -1.31. The van der Waals surface area contributed by atoms with Crippen molar-refractivity contribution in [2.24, 2.45) is 0 Å². The van der Waals surface area contributed by atoms with Crippen molar-refractivity contribution in [1.82, 2.24) is 4.90 Å². The van der Waals surface area contributed by atoms with E-state index in [2.05, 4.69) is 18.8 Å². The molecule has 0 aromatic carbocycles. The minimum Gasteiger partial charge on any atom is -0.395 e. The first-order valence-electron chi connectivity index (χ1n) is 7.25. The van der Waals surface area contributed by atoms with Crippen LogP contribution < -0.4 is 0 Å². The third-order valence-electron chi connectivity index (χ3n) is 3.65. The first kappa shape index (κ1) is 15.1. The minimum absolute atomic E-state index is 0.0795. The van der Waals surface area contributed by atoms with Crippen molar-refractivity contribution in [2.75, 3.05) is 13.2 Å². The molecule has 1 N–H and O–H groups in total. The van der Waals surface area contributed by atoms with E-state index in [-0.39, 0.29) is 12.5 Å². The normalized spacial score (nSPS) is 18.5. The third-order valence-corrected chi connectivity index (χ3v) is 4.50. The van der Waals surface area contributed by atoms with Crippen LogP contribution in [0.15, 0.2) is 11.4 Å². The van der Waals surface area contributed by atoms with Crippen molar-refractivity contribution in [1.29, 1.82) is 0 Å². The summed E-state index contributed by atoms with van der Waals surface area (Å²) in [6, 6.07) is 2.26. The number of thiophene rings is 1. The first-order chi connectivity index (χ1) is 9.76.